The van der Waals surface area contributed by atoms with Crippen LogP contribution in [-0.4, -0.2) is 16.9 Å². The van der Waals surface area contributed by atoms with Gasteiger partial charge >= 0.3 is 0 Å². The Kier molecular flexibility index (Phi) is 4.03. The first-order valence-corrected chi connectivity index (χ1v) is 8.12. The molecule has 2 heterocycles. The molecule has 1 saturated carbocycles. The predicted molar refractivity (Wildman–Crippen MR) is 84.1 cm³/mol. The van der Waals surface area contributed by atoms with Gasteiger partial charge in [0.2, 0.25) is 0 Å². The Morgan fingerprint density at radius 1 is 1.40 bits per heavy atom. The summed E-state index contributed by atoms with van der Waals surface area (Å²) in [6, 6.07) is 6.04. The maximum Gasteiger partial charge on any atom is 0.253 e. The van der Waals surface area contributed by atoms with E-state index < -0.39 is 0 Å². The van der Waals surface area contributed by atoms with E-state index in [0.717, 1.165) is 29.7 Å². The van der Waals surface area contributed by atoms with Crippen LogP contribution in [0.5, 0.6) is 0 Å². The monoisotopic (exact) mass is 351 g/mol. The number of aromatic nitrogens is 1. The molecule has 0 bridgehead atoms. The molecule has 2 aromatic rings. The zero-order chi connectivity index (χ0) is 13.9. The molecule has 1 aliphatic rings. The summed E-state index contributed by atoms with van der Waals surface area (Å²) in [5.74, 6) is 0.737. The smallest absolute Gasteiger partial charge is 0.253 e. The summed E-state index contributed by atoms with van der Waals surface area (Å²) in [4.78, 5) is 17.3. The van der Waals surface area contributed by atoms with Crippen molar-refractivity contribution < 1.29 is 4.79 Å². The molecule has 104 valence electrons. The maximum atomic E-state index is 11.8. The molecule has 2 aromatic heterocycles. The van der Waals surface area contributed by atoms with Crippen molar-refractivity contribution in [3.8, 4) is 0 Å². The van der Waals surface area contributed by atoms with Crippen LogP contribution in [0.3, 0.4) is 0 Å². The number of carbonyl (C=O) groups is 1. The molecule has 0 aromatic carbocycles. The summed E-state index contributed by atoms with van der Waals surface area (Å²) < 4.78 is 1.11. The number of hydrogen-bond acceptors (Lipinski definition) is 4. The lowest BCUT2D eigenvalue weighted by molar-refractivity contribution is 0.0951. The van der Waals surface area contributed by atoms with E-state index in [1.54, 1.807) is 23.6 Å². The highest BCUT2D eigenvalue weighted by atomic mass is 79.9. The van der Waals surface area contributed by atoms with E-state index in [1.807, 2.05) is 17.5 Å². The number of hydrogen-bond donors (Lipinski definition) is 2. The Hall–Kier alpha value is -1.40. The number of amides is 1. The number of nitrogens with one attached hydrogen (secondary N) is 2. The van der Waals surface area contributed by atoms with Crippen molar-refractivity contribution in [2.75, 3.05) is 5.32 Å². The Balaban J connectivity index is 1.58. The van der Waals surface area contributed by atoms with Crippen LogP contribution in [0.1, 0.15) is 28.1 Å². The largest absolute Gasteiger partial charge is 0.365 e. The van der Waals surface area contributed by atoms with Crippen LogP contribution >= 0.6 is 27.3 Å². The van der Waals surface area contributed by atoms with E-state index >= 15 is 0 Å². The van der Waals surface area contributed by atoms with E-state index in [-0.39, 0.29) is 5.91 Å². The number of halogens is 1. The molecule has 1 amide bonds. The summed E-state index contributed by atoms with van der Waals surface area (Å²) in [6.45, 7) is 0.721. The number of pyridine rings is 1. The van der Waals surface area contributed by atoms with Crippen molar-refractivity contribution in [3.63, 3.8) is 0 Å². The third-order valence-electron chi connectivity index (χ3n) is 3.06. The van der Waals surface area contributed by atoms with E-state index in [4.69, 9.17) is 0 Å². The molecule has 0 atom stereocenters. The highest BCUT2D eigenvalue weighted by Crippen LogP contribution is 2.23. The number of carbonyl (C=O) groups excluding carboxylic acids is 1. The molecule has 0 saturated heterocycles. The summed E-state index contributed by atoms with van der Waals surface area (Å²) in [5, 5.41) is 8.23. The summed E-state index contributed by atoms with van der Waals surface area (Å²) in [5.41, 5.74) is 0.611. The highest BCUT2D eigenvalue weighted by Gasteiger charge is 2.23. The lowest BCUT2D eigenvalue weighted by Crippen LogP contribution is -2.25. The van der Waals surface area contributed by atoms with Gasteiger partial charge in [-0.1, -0.05) is 0 Å². The zero-order valence-electron chi connectivity index (χ0n) is 10.7. The molecule has 20 heavy (non-hydrogen) atoms. The Labute approximate surface area is 129 Å². The minimum atomic E-state index is -0.0347. The van der Waals surface area contributed by atoms with Gasteiger partial charge in [0.15, 0.2) is 0 Å². The summed E-state index contributed by atoms with van der Waals surface area (Å²) in [6.07, 6.45) is 3.80. The van der Waals surface area contributed by atoms with Gasteiger partial charge in [-0.05, 0) is 52.4 Å². The average Bonchev–Trinajstić information content (AvgIpc) is 3.18. The standard InChI is InChI=1S/C14H14BrN3OS/c15-11-5-6-20-12(11)8-17-13-4-1-9(7-16-13)14(19)18-10-2-3-10/h1,4-7,10H,2-3,8H2,(H,16,17)(H,18,19). The number of rotatable bonds is 5. The van der Waals surface area contributed by atoms with Crippen LogP contribution in [0, 0.1) is 0 Å². The second kappa shape index (κ2) is 5.93. The van der Waals surface area contributed by atoms with Gasteiger partial charge in [0.25, 0.3) is 5.91 Å². The van der Waals surface area contributed by atoms with Gasteiger partial charge in [-0.3, -0.25) is 4.79 Å². The first kappa shape index (κ1) is 13.6. The van der Waals surface area contributed by atoms with Gasteiger partial charge in [0.1, 0.15) is 5.82 Å². The SMILES string of the molecule is O=C(NC1CC1)c1ccc(NCc2sccc2Br)nc1. The Morgan fingerprint density at radius 2 is 2.25 bits per heavy atom. The lowest BCUT2D eigenvalue weighted by Gasteiger charge is -2.06. The van der Waals surface area contributed by atoms with Gasteiger partial charge in [-0.2, -0.15) is 0 Å². The first-order chi connectivity index (χ1) is 9.72. The van der Waals surface area contributed by atoms with Crippen molar-refractivity contribution in [3.05, 3.63) is 44.7 Å². The number of thiophene rings is 1. The van der Waals surface area contributed by atoms with Crippen molar-refractivity contribution >= 4 is 39.0 Å². The van der Waals surface area contributed by atoms with E-state index in [0.29, 0.717) is 11.6 Å². The van der Waals surface area contributed by atoms with Crippen LogP contribution in [-0.2, 0) is 6.54 Å². The topological polar surface area (TPSA) is 54.0 Å². The molecule has 4 nitrogen and oxygen atoms in total. The molecular formula is C14H14BrN3OS. The molecule has 0 unspecified atom stereocenters. The number of anilines is 1. The van der Waals surface area contributed by atoms with E-state index in [9.17, 15) is 4.79 Å². The van der Waals surface area contributed by atoms with Crippen LogP contribution < -0.4 is 10.6 Å². The first-order valence-electron chi connectivity index (χ1n) is 6.45. The van der Waals surface area contributed by atoms with Crippen LogP contribution in [0.4, 0.5) is 5.82 Å². The molecule has 3 rings (SSSR count). The fraction of sp³-hybridized carbons (Fsp3) is 0.286. The van der Waals surface area contributed by atoms with Gasteiger partial charge in [0.05, 0.1) is 12.1 Å². The molecule has 0 radical (unpaired) electrons. The molecule has 2 N–H and O–H groups in total. The van der Waals surface area contributed by atoms with Gasteiger partial charge in [0, 0.05) is 21.6 Å². The second-order valence-corrected chi connectivity index (χ2v) is 6.58. The predicted octanol–water partition coefficient (Wildman–Crippen LogP) is 3.41. The second-order valence-electron chi connectivity index (χ2n) is 4.73. The van der Waals surface area contributed by atoms with Gasteiger partial charge < -0.3 is 10.6 Å². The van der Waals surface area contributed by atoms with Crippen molar-refractivity contribution in [2.24, 2.45) is 0 Å². The van der Waals surface area contributed by atoms with Crippen LogP contribution in [0.25, 0.3) is 0 Å². The molecular weight excluding hydrogens is 338 g/mol. The van der Waals surface area contributed by atoms with Crippen LogP contribution in [0.2, 0.25) is 0 Å². The molecule has 6 heteroatoms. The average molecular weight is 352 g/mol. The van der Waals surface area contributed by atoms with E-state index in [1.165, 1.54) is 4.88 Å². The summed E-state index contributed by atoms with van der Waals surface area (Å²) >= 11 is 5.19. The third kappa shape index (κ3) is 3.37. The van der Waals surface area contributed by atoms with E-state index in [2.05, 4.69) is 31.5 Å². The Bertz CT molecular complexity index is 607. The normalized spacial score (nSPS) is 14.1. The van der Waals surface area contributed by atoms with Crippen molar-refractivity contribution in [1.29, 1.82) is 0 Å². The molecule has 1 fully saturated rings. The number of nitrogens with zero attached hydrogens (tertiary/aromatic N) is 1. The lowest BCUT2D eigenvalue weighted by atomic mass is 10.2. The zero-order valence-corrected chi connectivity index (χ0v) is 13.1. The van der Waals surface area contributed by atoms with Crippen molar-refractivity contribution in [1.82, 2.24) is 10.3 Å². The molecule has 0 aliphatic heterocycles. The third-order valence-corrected chi connectivity index (χ3v) is 4.99. The highest BCUT2D eigenvalue weighted by molar-refractivity contribution is 9.10. The Morgan fingerprint density at radius 3 is 2.85 bits per heavy atom. The minimum Gasteiger partial charge on any atom is -0.365 e. The van der Waals surface area contributed by atoms with Gasteiger partial charge in [-0.15, -0.1) is 11.3 Å². The fourth-order valence-electron chi connectivity index (χ4n) is 1.75. The van der Waals surface area contributed by atoms with Crippen molar-refractivity contribution in [2.45, 2.75) is 25.4 Å². The van der Waals surface area contributed by atoms with Gasteiger partial charge in [-0.25, -0.2) is 4.98 Å². The minimum absolute atomic E-state index is 0.0347. The molecule has 0 spiro atoms. The maximum absolute atomic E-state index is 11.8. The quantitative estimate of drug-likeness (QED) is 0.867. The molecule has 1 aliphatic carbocycles. The fourth-order valence-corrected chi connectivity index (χ4v) is 3.18. The van der Waals surface area contributed by atoms with Crippen LogP contribution in [0.15, 0.2) is 34.2 Å². The summed E-state index contributed by atoms with van der Waals surface area (Å²) in [7, 11) is 0.